The molecule has 0 saturated heterocycles. The lowest BCUT2D eigenvalue weighted by atomic mass is 10.4. The van der Waals surface area contributed by atoms with Crippen molar-refractivity contribution in [1.82, 2.24) is 25.1 Å². The maximum absolute atomic E-state index is 11.2. The minimum Gasteiger partial charge on any atom is -0.450 e. The molecule has 1 aliphatic rings. The highest BCUT2D eigenvalue weighted by Gasteiger charge is 2.30. The van der Waals surface area contributed by atoms with Crippen LogP contribution in [0, 0.1) is 0 Å². The van der Waals surface area contributed by atoms with Gasteiger partial charge in [0.25, 0.3) is 0 Å². The summed E-state index contributed by atoms with van der Waals surface area (Å²) in [7, 11) is 0. The number of alkyl carbamates (subject to hydrolysis) is 1. The van der Waals surface area contributed by atoms with Crippen LogP contribution in [0.1, 0.15) is 36.5 Å². The van der Waals surface area contributed by atoms with Crippen molar-refractivity contribution in [2.75, 3.05) is 6.61 Å². The molecule has 2 heterocycles. The SMILES string of the molecule is CCOC(=O)NCc1nn2c(C3CC3)nnc2s1. The first-order valence-corrected chi connectivity index (χ1v) is 6.71. The summed E-state index contributed by atoms with van der Waals surface area (Å²) in [4.78, 5) is 11.9. The second-order valence-electron chi connectivity index (χ2n) is 4.10. The highest BCUT2D eigenvalue weighted by Crippen LogP contribution is 2.39. The topological polar surface area (TPSA) is 81.4 Å². The quantitative estimate of drug-likeness (QED) is 0.903. The molecule has 2 aromatic rings. The van der Waals surface area contributed by atoms with E-state index in [-0.39, 0.29) is 0 Å². The predicted octanol–water partition coefficient (Wildman–Crippen LogP) is 1.31. The van der Waals surface area contributed by atoms with E-state index in [9.17, 15) is 4.79 Å². The van der Waals surface area contributed by atoms with E-state index >= 15 is 0 Å². The van der Waals surface area contributed by atoms with Gasteiger partial charge in [-0.05, 0) is 19.8 Å². The Morgan fingerprint density at radius 1 is 1.56 bits per heavy atom. The van der Waals surface area contributed by atoms with Gasteiger partial charge in [-0.15, -0.1) is 10.2 Å². The second-order valence-corrected chi connectivity index (χ2v) is 5.14. The number of nitrogens with one attached hydrogen (secondary N) is 1. The summed E-state index contributed by atoms with van der Waals surface area (Å²) in [5.74, 6) is 1.44. The summed E-state index contributed by atoms with van der Waals surface area (Å²) in [6, 6.07) is 0. The van der Waals surface area contributed by atoms with Gasteiger partial charge in [0.2, 0.25) is 4.96 Å². The highest BCUT2D eigenvalue weighted by molar-refractivity contribution is 7.16. The molecule has 0 atom stereocenters. The molecular formula is C10H13N5O2S. The fraction of sp³-hybridized carbons (Fsp3) is 0.600. The molecule has 0 unspecified atom stereocenters. The molecule has 3 rings (SSSR count). The lowest BCUT2D eigenvalue weighted by molar-refractivity contribution is 0.151. The zero-order valence-electron chi connectivity index (χ0n) is 9.92. The fourth-order valence-corrected chi connectivity index (χ4v) is 2.45. The fourth-order valence-electron chi connectivity index (χ4n) is 1.67. The Hall–Kier alpha value is -1.70. The van der Waals surface area contributed by atoms with Crippen molar-refractivity contribution in [3.05, 3.63) is 10.8 Å². The van der Waals surface area contributed by atoms with Crippen molar-refractivity contribution in [3.8, 4) is 0 Å². The summed E-state index contributed by atoms with van der Waals surface area (Å²) in [6.45, 7) is 2.49. The zero-order chi connectivity index (χ0) is 12.5. The highest BCUT2D eigenvalue weighted by atomic mass is 32.1. The number of rotatable bonds is 4. The standard InChI is InChI=1S/C10H13N5O2S/c1-2-17-10(16)11-5-7-14-15-8(6-3-4-6)12-13-9(15)18-7/h6H,2-5H2,1H3,(H,11,16). The number of ether oxygens (including phenoxy) is 1. The normalized spacial score (nSPS) is 14.9. The Bertz CT molecular complexity index is 574. The molecule has 0 aliphatic heterocycles. The third-order valence-electron chi connectivity index (χ3n) is 2.66. The molecule has 18 heavy (non-hydrogen) atoms. The Balaban J connectivity index is 1.71. The van der Waals surface area contributed by atoms with Gasteiger partial charge < -0.3 is 10.1 Å². The first-order chi connectivity index (χ1) is 8.78. The van der Waals surface area contributed by atoms with E-state index in [1.807, 2.05) is 0 Å². The Morgan fingerprint density at radius 2 is 2.39 bits per heavy atom. The van der Waals surface area contributed by atoms with Crippen molar-refractivity contribution < 1.29 is 9.53 Å². The van der Waals surface area contributed by atoms with Gasteiger partial charge in [0.1, 0.15) is 5.01 Å². The van der Waals surface area contributed by atoms with Gasteiger partial charge >= 0.3 is 6.09 Å². The molecule has 1 saturated carbocycles. The molecule has 2 aromatic heterocycles. The van der Waals surface area contributed by atoms with Crippen LogP contribution in [-0.2, 0) is 11.3 Å². The number of fused-ring (bicyclic) bond motifs is 1. The number of carbonyl (C=O) groups excluding carboxylic acids is 1. The molecule has 1 N–H and O–H groups in total. The summed E-state index contributed by atoms with van der Waals surface area (Å²) in [5, 5.41) is 16.1. The van der Waals surface area contributed by atoms with Crippen LogP contribution < -0.4 is 5.32 Å². The van der Waals surface area contributed by atoms with Crippen molar-refractivity contribution in [2.24, 2.45) is 0 Å². The molecule has 0 bridgehead atoms. The first kappa shape index (κ1) is 11.4. The van der Waals surface area contributed by atoms with Gasteiger partial charge in [-0.3, -0.25) is 0 Å². The van der Waals surface area contributed by atoms with Gasteiger partial charge in [-0.25, -0.2) is 4.79 Å². The van der Waals surface area contributed by atoms with Crippen molar-refractivity contribution in [1.29, 1.82) is 0 Å². The van der Waals surface area contributed by atoms with Crippen molar-refractivity contribution in [2.45, 2.75) is 32.2 Å². The van der Waals surface area contributed by atoms with E-state index in [1.54, 1.807) is 11.4 Å². The number of aromatic nitrogens is 4. The molecule has 1 amide bonds. The molecule has 8 heteroatoms. The molecule has 96 valence electrons. The minimum absolute atomic E-state index is 0.358. The average molecular weight is 267 g/mol. The van der Waals surface area contributed by atoms with E-state index in [4.69, 9.17) is 4.74 Å². The number of hydrogen-bond donors (Lipinski definition) is 1. The lowest BCUT2D eigenvalue weighted by Gasteiger charge is -2.01. The first-order valence-electron chi connectivity index (χ1n) is 5.89. The summed E-state index contributed by atoms with van der Waals surface area (Å²) in [6.07, 6.45) is 1.90. The van der Waals surface area contributed by atoms with Crippen LogP contribution in [0.25, 0.3) is 4.96 Å². The number of carbonyl (C=O) groups is 1. The van der Waals surface area contributed by atoms with E-state index in [1.165, 1.54) is 11.3 Å². The second kappa shape index (κ2) is 4.52. The monoisotopic (exact) mass is 267 g/mol. The maximum Gasteiger partial charge on any atom is 0.407 e. The Morgan fingerprint density at radius 3 is 3.11 bits per heavy atom. The summed E-state index contributed by atoms with van der Waals surface area (Å²) < 4.78 is 6.57. The van der Waals surface area contributed by atoms with E-state index in [0.29, 0.717) is 19.1 Å². The van der Waals surface area contributed by atoms with Crippen molar-refractivity contribution in [3.63, 3.8) is 0 Å². The summed E-state index contributed by atoms with van der Waals surface area (Å²) in [5.41, 5.74) is 0. The molecule has 7 nitrogen and oxygen atoms in total. The predicted molar refractivity (Wildman–Crippen MR) is 64.5 cm³/mol. The third kappa shape index (κ3) is 2.15. The van der Waals surface area contributed by atoms with Crippen LogP contribution in [0.4, 0.5) is 4.79 Å². The van der Waals surface area contributed by atoms with Gasteiger partial charge in [0, 0.05) is 5.92 Å². The average Bonchev–Trinajstić information content (AvgIpc) is 2.99. The van der Waals surface area contributed by atoms with Crippen LogP contribution in [0.15, 0.2) is 0 Å². The summed E-state index contributed by atoms with van der Waals surface area (Å²) >= 11 is 1.43. The number of hydrogen-bond acceptors (Lipinski definition) is 6. The van der Waals surface area contributed by atoms with Crippen LogP contribution in [0.3, 0.4) is 0 Å². The third-order valence-corrected chi connectivity index (χ3v) is 3.56. The van der Waals surface area contributed by atoms with E-state index < -0.39 is 6.09 Å². The van der Waals surface area contributed by atoms with Gasteiger partial charge in [0.15, 0.2) is 5.82 Å². The largest absolute Gasteiger partial charge is 0.450 e. The van der Waals surface area contributed by atoms with Crippen LogP contribution in [0.2, 0.25) is 0 Å². The molecule has 0 aromatic carbocycles. The molecule has 1 aliphatic carbocycles. The van der Waals surface area contributed by atoms with E-state index in [2.05, 4.69) is 20.6 Å². The number of amides is 1. The van der Waals surface area contributed by atoms with Crippen molar-refractivity contribution >= 4 is 22.4 Å². The molecule has 1 fully saturated rings. The van der Waals surface area contributed by atoms with Gasteiger partial charge in [0.05, 0.1) is 13.2 Å². The maximum atomic E-state index is 11.2. The van der Waals surface area contributed by atoms with Gasteiger partial charge in [-0.2, -0.15) is 9.61 Å². The van der Waals surface area contributed by atoms with Crippen LogP contribution in [-0.4, -0.2) is 32.5 Å². The molecule has 0 spiro atoms. The van der Waals surface area contributed by atoms with E-state index in [0.717, 1.165) is 28.6 Å². The lowest BCUT2D eigenvalue weighted by Crippen LogP contribution is -2.23. The number of nitrogens with zero attached hydrogens (tertiary/aromatic N) is 4. The molecular weight excluding hydrogens is 254 g/mol. The van der Waals surface area contributed by atoms with Crippen LogP contribution in [0.5, 0.6) is 0 Å². The van der Waals surface area contributed by atoms with Gasteiger partial charge in [-0.1, -0.05) is 11.3 Å². The zero-order valence-corrected chi connectivity index (χ0v) is 10.7. The smallest absolute Gasteiger partial charge is 0.407 e. The molecule has 0 radical (unpaired) electrons. The van der Waals surface area contributed by atoms with Crippen LogP contribution >= 0.6 is 11.3 Å². The Kier molecular flexibility index (Phi) is 2.86. The Labute approximate surface area is 107 Å². The minimum atomic E-state index is -0.425.